The van der Waals surface area contributed by atoms with Crippen LogP contribution in [-0.2, 0) is 6.54 Å². The highest BCUT2D eigenvalue weighted by Crippen LogP contribution is 2.23. The van der Waals surface area contributed by atoms with Gasteiger partial charge in [0.2, 0.25) is 0 Å². The van der Waals surface area contributed by atoms with Gasteiger partial charge in [-0.15, -0.1) is 0 Å². The summed E-state index contributed by atoms with van der Waals surface area (Å²) in [7, 11) is 0. The van der Waals surface area contributed by atoms with E-state index >= 15 is 0 Å². The molecule has 0 unspecified atom stereocenters. The van der Waals surface area contributed by atoms with Crippen molar-refractivity contribution in [2.45, 2.75) is 19.4 Å². The summed E-state index contributed by atoms with van der Waals surface area (Å²) in [6.07, 6.45) is 8.59. The highest BCUT2D eigenvalue weighted by molar-refractivity contribution is 5.63. The molecule has 0 amide bonds. The summed E-state index contributed by atoms with van der Waals surface area (Å²) in [6.45, 7) is 10.0. The molecule has 5 rings (SSSR count). The molecule has 186 valence electrons. The summed E-state index contributed by atoms with van der Waals surface area (Å²) >= 11 is 0. The molecule has 1 N–H and O–H groups in total. The van der Waals surface area contributed by atoms with E-state index in [0.717, 1.165) is 43.1 Å². The third kappa shape index (κ3) is 5.88. The number of ether oxygens (including phenoxy) is 1. The number of nitrogens with zero attached hydrogens (tertiary/aromatic N) is 5. The van der Waals surface area contributed by atoms with Crippen LogP contribution in [0.1, 0.15) is 18.4 Å². The number of rotatable bonds is 7. The molecule has 0 atom stereocenters. The first kappa shape index (κ1) is 24.3. The number of hydrogen-bond donors (Lipinski definition) is 1. The molecule has 1 aliphatic rings. The van der Waals surface area contributed by atoms with Crippen molar-refractivity contribution in [1.82, 2.24) is 24.8 Å². The fraction of sp³-hybridized carbons (Fsp3) is 0.250. The second-order valence-corrected chi connectivity index (χ2v) is 8.97. The fourth-order valence-corrected chi connectivity index (χ4v) is 4.31. The van der Waals surface area contributed by atoms with Crippen molar-refractivity contribution in [3.63, 3.8) is 0 Å². The Kier molecular flexibility index (Phi) is 7.28. The van der Waals surface area contributed by atoms with Crippen LogP contribution in [0.25, 0.3) is 27.5 Å². The average Bonchev–Trinajstić information content (AvgIpc) is 2.95. The van der Waals surface area contributed by atoms with Crippen molar-refractivity contribution in [2.24, 2.45) is 5.92 Å². The standard InChI is InChI=1S/C28H25FN6O2/c1-30-23-7-10-32-26(13-23)22-12-25(29)28(36)35(17-22)16-20-3-2-4-21(11-20)27-33-14-24(15-34-27)37-18-19-5-8-31-9-6-19/h2-4,7,10-15,17,19,31H,5-6,8-9,16,18H2. The van der Waals surface area contributed by atoms with Crippen molar-refractivity contribution in [3.8, 4) is 28.4 Å². The van der Waals surface area contributed by atoms with Crippen LogP contribution in [-0.4, -0.2) is 39.2 Å². The quantitative estimate of drug-likeness (QED) is 0.380. The monoisotopic (exact) mass is 496 g/mol. The van der Waals surface area contributed by atoms with E-state index in [1.54, 1.807) is 30.7 Å². The first-order valence-corrected chi connectivity index (χ1v) is 12.1. The molecule has 0 spiro atoms. The summed E-state index contributed by atoms with van der Waals surface area (Å²) in [5, 5.41) is 3.35. The van der Waals surface area contributed by atoms with Crippen LogP contribution in [0.15, 0.2) is 72.0 Å². The molecule has 0 aliphatic carbocycles. The van der Waals surface area contributed by atoms with Gasteiger partial charge in [0.1, 0.15) is 0 Å². The zero-order chi connectivity index (χ0) is 25.6. The van der Waals surface area contributed by atoms with Crippen molar-refractivity contribution in [1.29, 1.82) is 0 Å². The first-order valence-electron chi connectivity index (χ1n) is 12.1. The van der Waals surface area contributed by atoms with Crippen LogP contribution >= 0.6 is 0 Å². The molecule has 1 aliphatic heterocycles. The summed E-state index contributed by atoms with van der Waals surface area (Å²) in [6, 6.07) is 11.7. The highest BCUT2D eigenvalue weighted by Gasteiger charge is 2.14. The van der Waals surface area contributed by atoms with Gasteiger partial charge in [0.25, 0.3) is 5.56 Å². The predicted molar refractivity (Wildman–Crippen MR) is 138 cm³/mol. The van der Waals surface area contributed by atoms with Gasteiger partial charge in [-0.05, 0) is 61.7 Å². The molecule has 4 heterocycles. The second-order valence-electron chi connectivity index (χ2n) is 8.97. The smallest absolute Gasteiger partial charge is 0.286 e. The van der Waals surface area contributed by atoms with Crippen LogP contribution in [0.2, 0.25) is 0 Å². The van der Waals surface area contributed by atoms with E-state index in [9.17, 15) is 9.18 Å². The van der Waals surface area contributed by atoms with Crippen LogP contribution in [0, 0.1) is 18.3 Å². The molecule has 37 heavy (non-hydrogen) atoms. The average molecular weight is 497 g/mol. The van der Waals surface area contributed by atoms with Gasteiger partial charge in [0.05, 0.1) is 37.8 Å². The number of nitrogens with one attached hydrogen (secondary N) is 1. The van der Waals surface area contributed by atoms with Gasteiger partial charge in [0, 0.05) is 23.5 Å². The molecule has 0 saturated carbocycles. The molecular formula is C28H25FN6O2. The third-order valence-electron chi connectivity index (χ3n) is 6.32. The number of aromatic nitrogens is 4. The van der Waals surface area contributed by atoms with Crippen LogP contribution in [0.3, 0.4) is 0 Å². The van der Waals surface area contributed by atoms with Crippen LogP contribution < -0.4 is 15.6 Å². The highest BCUT2D eigenvalue weighted by atomic mass is 19.1. The molecule has 0 bridgehead atoms. The number of halogens is 1. The topological polar surface area (TPSA) is 86.3 Å². The summed E-state index contributed by atoms with van der Waals surface area (Å²) in [4.78, 5) is 29.0. The number of pyridine rings is 2. The Morgan fingerprint density at radius 1 is 1.08 bits per heavy atom. The Bertz CT molecular complexity index is 1490. The third-order valence-corrected chi connectivity index (χ3v) is 6.32. The van der Waals surface area contributed by atoms with E-state index in [4.69, 9.17) is 11.3 Å². The van der Waals surface area contributed by atoms with Gasteiger partial charge in [-0.3, -0.25) is 9.78 Å². The Morgan fingerprint density at radius 2 is 1.89 bits per heavy atom. The van der Waals surface area contributed by atoms with Crippen molar-refractivity contribution >= 4 is 5.69 Å². The molecular weight excluding hydrogens is 471 g/mol. The lowest BCUT2D eigenvalue weighted by Crippen LogP contribution is -2.30. The molecule has 8 nitrogen and oxygen atoms in total. The maximum absolute atomic E-state index is 14.5. The van der Waals surface area contributed by atoms with Gasteiger partial charge >= 0.3 is 0 Å². The van der Waals surface area contributed by atoms with E-state index in [2.05, 4.69) is 25.1 Å². The van der Waals surface area contributed by atoms with E-state index in [0.29, 0.717) is 41.0 Å². The summed E-state index contributed by atoms with van der Waals surface area (Å²) in [5.41, 5.74) is 2.06. The zero-order valence-electron chi connectivity index (χ0n) is 20.1. The van der Waals surface area contributed by atoms with Gasteiger partial charge in [-0.1, -0.05) is 18.2 Å². The van der Waals surface area contributed by atoms with E-state index in [-0.39, 0.29) is 6.54 Å². The number of hydrogen-bond acceptors (Lipinski definition) is 6. The van der Waals surface area contributed by atoms with E-state index in [1.165, 1.54) is 10.8 Å². The Labute approximate surface area is 213 Å². The lowest BCUT2D eigenvalue weighted by atomic mass is 9.99. The molecule has 4 aromatic rings. The van der Waals surface area contributed by atoms with Crippen molar-refractivity contribution < 1.29 is 9.13 Å². The predicted octanol–water partition coefficient (Wildman–Crippen LogP) is 4.48. The maximum atomic E-state index is 14.5. The van der Waals surface area contributed by atoms with Crippen LogP contribution in [0.4, 0.5) is 10.1 Å². The lowest BCUT2D eigenvalue weighted by Gasteiger charge is -2.22. The number of benzene rings is 1. The minimum atomic E-state index is -0.882. The second kappa shape index (κ2) is 11.1. The maximum Gasteiger partial charge on any atom is 0.286 e. The summed E-state index contributed by atoms with van der Waals surface area (Å²) < 4.78 is 21.7. The van der Waals surface area contributed by atoms with Crippen molar-refractivity contribution in [2.75, 3.05) is 19.7 Å². The molecule has 1 fully saturated rings. The van der Waals surface area contributed by atoms with Gasteiger partial charge < -0.3 is 14.6 Å². The van der Waals surface area contributed by atoms with Crippen LogP contribution in [0.5, 0.6) is 5.75 Å². The van der Waals surface area contributed by atoms with Crippen molar-refractivity contribution in [3.05, 3.63) is 100 Å². The molecule has 3 aromatic heterocycles. The molecule has 1 saturated heterocycles. The Balaban J connectivity index is 1.33. The minimum Gasteiger partial charge on any atom is -0.490 e. The normalized spacial score (nSPS) is 13.7. The zero-order valence-corrected chi connectivity index (χ0v) is 20.1. The molecule has 1 aromatic carbocycles. The van der Waals surface area contributed by atoms with Gasteiger partial charge in [0.15, 0.2) is 23.1 Å². The summed E-state index contributed by atoms with van der Waals surface area (Å²) in [5.74, 6) is 0.820. The Morgan fingerprint density at radius 3 is 2.68 bits per heavy atom. The largest absolute Gasteiger partial charge is 0.490 e. The Hall–Kier alpha value is -4.42. The molecule has 9 heteroatoms. The van der Waals surface area contributed by atoms with Gasteiger partial charge in [-0.2, -0.15) is 0 Å². The number of piperidine rings is 1. The van der Waals surface area contributed by atoms with E-state index < -0.39 is 11.4 Å². The van der Waals surface area contributed by atoms with Gasteiger partial charge in [-0.25, -0.2) is 19.2 Å². The molecule has 0 radical (unpaired) electrons. The van der Waals surface area contributed by atoms with E-state index in [1.807, 2.05) is 24.3 Å². The lowest BCUT2D eigenvalue weighted by molar-refractivity contribution is 0.214. The fourth-order valence-electron chi connectivity index (χ4n) is 4.31. The first-order chi connectivity index (χ1) is 18.1. The SMILES string of the molecule is [C-]#[N+]c1ccnc(-c2cc(F)c(=O)n(Cc3cccc(-c4ncc(OCC5CCNCC5)cn4)c3)c2)c1. The minimum absolute atomic E-state index is 0.150.